The third-order valence-corrected chi connectivity index (χ3v) is 3.93. The van der Waals surface area contributed by atoms with Gasteiger partial charge >= 0.3 is 0 Å². The summed E-state index contributed by atoms with van der Waals surface area (Å²) in [5, 5.41) is 0. The van der Waals surface area contributed by atoms with Crippen LogP contribution in [0.15, 0.2) is 12.2 Å². The van der Waals surface area contributed by atoms with Gasteiger partial charge in [0.2, 0.25) is 0 Å². The van der Waals surface area contributed by atoms with Crippen LogP contribution in [0, 0.1) is 5.41 Å². The van der Waals surface area contributed by atoms with Crippen LogP contribution in [0.2, 0.25) is 0 Å². The van der Waals surface area contributed by atoms with Gasteiger partial charge in [-0.25, -0.2) is 0 Å². The summed E-state index contributed by atoms with van der Waals surface area (Å²) in [6, 6.07) is 0. The fraction of sp³-hybridized carbons (Fsp3) is 0.833. The Kier molecular flexibility index (Phi) is 2.25. The predicted octanol–water partition coefficient (Wildman–Crippen LogP) is 4.07. The number of rotatable bonds is 0. The van der Waals surface area contributed by atoms with Crippen molar-refractivity contribution in [3.63, 3.8) is 0 Å². The maximum atomic E-state index is 4.09. The third-order valence-electron chi connectivity index (χ3n) is 3.93. The highest BCUT2D eigenvalue weighted by molar-refractivity contribution is 5.03. The molecule has 2 fully saturated rings. The first-order valence-corrected chi connectivity index (χ1v) is 5.47. The first kappa shape index (κ1) is 8.34. The molecule has 2 saturated carbocycles. The average Bonchev–Trinajstić information content (AvgIpc) is 2.13. The molecule has 0 amide bonds. The van der Waals surface area contributed by atoms with Crippen molar-refractivity contribution < 1.29 is 0 Å². The Bertz CT molecular complexity index is 160. The summed E-state index contributed by atoms with van der Waals surface area (Å²) in [6.07, 6.45) is 13.0. The molecule has 0 aromatic heterocycles. The molecule has 0 bridgehead atoms. The molecule has 2 aliphatic rings. The summed E-state index contributed by atoms with van der Waals surface area (Å²) in [5.41, 5.74) is 2.28. The number of hydrogen-bond donors (Lipinski definition) is 0. The quantitative estimate of drug-likeness (QED) is 0.473. The van der Waals surface area contributed by atoms with Crippen molar-refractivity contribution in [1.29, 1.82) is 0 Å². The van der Waals surface area contributed by atoms with Crippen LogP contribution < -0.4 is 0 Å². The van der Waals surface area contributed by atoms with E-state index in [0.717, 1.165) is 5.41 Å². The molecular weight excluding hydrogens is 144 g/mol. The molecule has 0 heteroatoms. The van der Waals surface area contributed by atoms with E-state index in [-0.39, 0.29) is 0 Å². The maximum absolute atomic E-state index is 4.09. The zero-order valence-electron chi connectivity index (χ0n) is 8.07. The molecule has 0 atom stereocenters. The van der Waals surface area contributed by atoms with Crippen LogP contribution in [0.4, 0.5) is 0 Å². The standard InChI is InChI=1S/C12H20/c1-11-5-9-12(10-6-11)7-3-2-4-8-12/h1-10H2. The van der Waals surface area contributed by atoms with Gasteiger partial charge in [-0.3, -0.25) is 0 Å². The molecule has 68 valence electrons. The van der Waals surface area contributed by atoms with Crippen molar-refractivity contribution in [3.8, 4) is 0 Å². The molecule has 0 N–H and O–H groups in total. The molecule has 2 rings (SSSR count). The number of allylic oxidation sites excluding steroid dienone is 1. The Morgan fingerprint density at radius 2 is 1.42 bits per heavy atom. The second-order valence-corrected chi connectivity index (χ2v) is 4.81. The maximum Gasteiger partial charge on any atom is -0.0291 e. The van der Waals surface area contributed by atoms with Crippen molar-refractivity contribution in [1.82, 2.24) is 0 Å². The van der Waals surface area contributed by atoms with Crippen LogP contribution in [-0.2, 0) is 0 Å². The van der Waals surface area contributed by atoms with Gasteiger partial charge in [0.1, 0.15) is 0 Å². The molecule has 0 aliphatic heterocycles. The number of hydrogen-bond acceptors (Lipinski definition) is 0. The van der Waals surface area contributed by atoms with E-state index in [4.69, 9.17) is 0 Å². The van der Waals surface area contributed by atoms with Gasteiger partial charge in [0.25, 0.3) is 0 Å². The normalized spacial score (nSPS) is 29.2. The minimum atomic E-state index is 0.777. The minimum Gasteiger partial charge on any atom is -0.0999 e. The molecule has 0 nitrogen and oxygen atoms in total. The van der Waals surface area contributed by atoms with Gasteiger partial charge < -0.3 is 0 Å². The topological polar surface area (TPSA) is 0 Å². The summed E-state index contributed by atoms with van der Waals surface area (Å²) in [7, 11) is 0. The van der Waals surface area contributed by atoms with Crippen molar-refractivity contribution in [2.75, 3.05) is 0 Å². The molecule has 1 spiro atoms. The summed E-state index contributed by atoms with van der Waals surface area (Å²) in [4.78, 5) is 0. The zero-order chi connectivity index (χ0) is 8.44. The highest BCUT2D eigenvalue weighted by Gasteiger charge is 2.33. The second kappa shape index (κ2) is 3.24. The molecule has 0 saturated heterocycles. The molecule has 0 heterocycles. The van der Waals surface area contributed by atoms with E-state index in [2.05, 4.69) is 6.58 Å². The summed E-state index contributed by atoms with van der Waals surface area (Å²) >= 11 is 0. The fourth-order valence-electron chi connectivity index (χ4n) is 2.94. The Balaban J connectivity index is 1.96. The lowest BCUT2D eigenvalue weighted by atomic mass is 9.65. The van der Waals surface area contributed by atoms with E-state index in [9.17, 15) is 0 Å². The van der Waals surface area contributed by atoms with Crippen LogP contribution in [-0.4, -0.2) is 0 Å². The Morgan fingerprint density at radius 3 is 2.00 bits per heavy atom. The molecular formula is C12H20. The van der Waals surface area contributed by atoms with Crippen molar-refractivity contribution in [2.24, 2.45) is 5.41 Å². The van der Waals surface area contributed by atoms with E-state index < -0.39 is 0 Å². The van der Waals surface area contributed by atoms with E-state index >= 15 is 0 Å². The van der Waals surface area contributed by atoms with Crippen LogP contribution in [0.3, 0.4) is 0 Å². The lowest BCUT2D eigenvalue weighted by molar-refractivity contribution is 0.142. The molecule has 12 heavy (non-hydrogen) atoms. The van der Waals surface area contributed by atoms with Gasteiger partial charge in [-0.1, -0.05) is 31.4 Å². The molecule has 0 aromatic carbocycles. The van der Waals surface area contributed by atoms with Crippen LogP contribution in [0.5, 0.6) is 0 Å². The third kappa shape index (κ3) is 1.57. The van der Waals surface area contributed by atoms with E-state index in [1.807, 2.05) is 0 Å². The zero-order valence-corrected chi connectivity index (χ0v) is 8.07. The van der Waals surface area contributed by atoms with Crippen molar-refractivity contribution in [3.05, 3.63) is 12.2 Å². The average molecular weight is 164 g/mol. The second-order valence-electron chi connectivity index (χ2n) is 4.81. The first-order chi connectivity index (χ1) is 5.81. The SMILES string of the molecule is C=C1CCC2(CCCCC2)CC1. The molecule has 2 aliphatic carbocycles. The lowest BCUT2D eigenvalue weighted by Gasteiger charge is -2.41. The van der Waals surface area contributed by atoms with Gasteiger partial charge in [0.05, 0.1) is 0 Å². The van der Waals surface area contributed by atoms with Gasteiger partial charge in [-0.2, -0.15) is 0 Å². The van der Waals surface area contributed by atoms with Crippen LogP contribution in [0.1, 0.15) is 57.8 Å². The van der Waals surface area contributed by atoms with Crippen molar-refractivity contribution in [2.45, 2.75) is 57.8 Å². The Labute approximate surface area is 76.1 Å². The highest BCUT2D eigenvalue weighted by atomic mass is 14.4. The van der Waals surface area contributed by atoms with E-state index in [1.165, 1.54) is 63.4 Å². The van der Waals surface area contributed by atoms with Gasteiger partial charge in [0.15, 0.2) is 0 Å². The summed E-state index contributed by atoms with van der Waals surface area (Å²) in [5.74, 6) is 0. The first-order valence-electron chi connectivity index (χ1n) is 5.47. The monoisotopic (exact) mass is 164 g/mol. The predicted molar refractivity (Wildman–Crippen MR) is 53.1 cm³/mol. The van der Waals surface area contributed by atoms with E-state index in [0.29, 0.717) is 0 Å². The Morgan fingerprint density at radius 1 is 0.833 bits per heavy atom. The van der Waals surface area contributed by atoms with E-state index in [1.54, 1.807) is 0 Å². The van der Waals surface area contributed by atoms with Gasteiger partial charge in [-0.05, 0) is 43.9 Å². The summed E-state index contributed by atoms with van der Waals surface area (Å²) in [6.45, 7) is 4.09. The van der Waals surface area contributed by atoms with Gasteiger partial charge in [0, 0.05) is 0 Å². The molecule has 0 radical (unpaired) electrons. The lowest BCUT2D eigenvalue weighted by Crippen LogP contribution is -2.27. The van der Waals surface area contributed by atoms with Crippen LogP contribution in [0.25, 0.3) is 0 Å². The largest absolute Gasteiger partial charge is 0.0999 e. The minimum absolute atomic E-state index is 0.777. The van der Waals surface area contributed by atoms with Crippen molar-refractivity contribution >= 4 is 0 Å². The fourth-order valence-corrected chi connectivity index (χ4v) is 2.94. The highest BCUT2D eigenvalue weighted by Crippen LogP contribution is 2.48. The van der Waals surface area contributed by atoms with Gasteiger partial charge in [-0.15, -0.1) is 0 Å². The smallest absolute Gasteiger partial charge is 0.0291 e. The Hall–Kier alpha value is -0.260. The van der Waals surface area contributed by atoms with Crippen LogP contribution >= 0.6 is 0 Å². The summed E-state index contributed by atoms with van der Waals surface area (Å²) < 4.78 is 0. The molecule has 0 aromatic rings. The molecule has 0 unspecified atom stereocenters.